The van der Waals surface area contributed by atoms with Crippen LogP contribution >= 0.6 is 11.3 Å². The quantitative estimate of drug-likeness (QED) is 0.871. The molecule has 8 heteroatoms. The van der Waals surface area contributed by atoms with Crippen LogP contribution in [0.15, 0.2) is 0 Å². The molecule has 1 aromatic rings. The van der Waals surface area contributed by atoms with E-state index in [4.69, 9.17) is 0 Å². The van der Waals surface area contributed by atoms with Gasteiger partial charge in [-0.2, -0.15) is 0 Å². The second-order valence-electron chi connectivity index (χ2n) is 5.32. The molecular formula is C12H19N3O3S2. The van der Waals surface area contributed by atoms with Gasteiger partial charge in [-0.05, 0) is 27.2 Å². The number of nitrogens with zero attached hydrogens (tertiary/aromatic N) is 1. The van der Waals surface area contributed by atoms with Crippen LogP contribution in [0.3, 0.4) is 0 Å². The van der Waals surface area contributed by atoms with E-state index in [1.165, 1.54) is 11.3 Å². The number of aryl methyl sites for hydroxylation is 1. The fourth-order valence-electron chi connectivity index (χ4n) is 2.27. The summed E-state index contributed by atoms with van der Waals surface area (Å²) >= 11 is 1.29. The van der Waals surface area contributed by atoms with Crippen LogP contribution in [0.2, 0.25) is 0 Å². The minimum Gasteiger partial charge on any atom is -0.362 e. The van der Waals surface area contributed by atoms with Crippen LogP contribution in [0.5, 0.6) is 0 Å². The highest BCUT2D eigenvalue weighted by Gasteiger charge is 2.40. The van der Waals surface area contributed by atoms with Crippen molar-refractivity contribution in [2.75, 3.05) is 23.4 Å². The topological polar surface area (TPSA) is 88.2 Å². The molecule has 112 valence electrons. The maximum absolute atomic E-state index is 12.3. The first-order valence-corrected chi connectivity index (χ1v) is 9.13. The Hall–Kier alpha value is -1.15. The van der Waals surface area contributed by atoms with Crippen LogP contribution in [-0.4, -0.2) is 42.9 Å². The maximum Gasteiger partial charge on any atom is 0.263 e. The van der Waals surface area contributed by atoms with Crippen molar-refractivity contribution in [3.05, 3.63) is 10.6 Å². The summed E-state index contributed by atoms with van der Waals surface area (Å²) in [6.45, 7) is 6.25. The largest absolute Gasteiger partial charge is 0.362 e. The van der Waals surface area contributed by atoms with Gasteiger partial charge in [-0.3, -0.25) is 4.79 Å². The minimum absolute atomic E-state index is 0.00363. The second kappa shape index (κ2) is 5.33. The minimum atomic E-state index is -3.03. The van der Waals surface area contributed by atoms with E-state index in [0.717, 1.165) is 6.54 Å². The first-order valence-electron chi connectivity index (χ1n) is 6.49. The van der Waals surface area contributed by atoms with E-state index in [1.807, 2.05) is 6.92 Å². The van der Waals surface area contributed by atoms with Gasteiger partial charge in [0.2, 0.25) is 0 Å². The van der Waals surface area contributed by atoms with Crippen molar-refractivity contribution >= 4 is 32.2 Å². The van der Waals surface area contributed by atoms with Gasteiger partial charge in [-0.1, -0.05) is 11.3 Å². The van der Waals surface area contributed by atoms with Crippen LogP contribution in [-0.2, 0) is 9.84 Å². The Morgan fingerprint density at radius 3 is 2.75 bits per heavy atom. The molecule has 2 rings (SSSR count). The third kappa shape index (κ3) is 3.29. The number of aromatic nitrogens is 1. The monoisotopic (exact) mass is 317 g/mol. The van der Waals surface area contributed by atoms with E-state index in [2.05, 4.69) is 15.6 Å². The van der Waals surface area contributed by atoms with Gasteiger partial charge in [0.05, 0.1) is 22.7 Å². The predicted molar refractivity (Wildman–Crippen MR) is 80.2 cm³/mol. The smallest absolute Gasteiger partial charge is 0.263 e. The van der Waals surface area contributed by atoms with E-state index in [1.54, 1.807) is 13.8 Å². The Morgan fingerprint density at radius 1 is 1.50 bits per heavy atom. The predicted octanol–water partition coefficient (Wildman–Crippen LogP) is 1.19. The Balaban J connectivity index is 2.13. The lowest BCUT2D eigenvalue weighted by Gasteiger charge is -2.23. The van der Waals surface area contributed by atoms with Crippen LogP contribution < -0.4 is 10.6 Å². The number of hydrogen-bond donors (Lipinski definition) is 2. The summed E-state index contributed by atoms with van der Waals surface area (Å²) in [4.78, 5) is 17.1. The fraction of sp³-hybridized carbons (Fsp3) is 0.667. The number of hydrogen-bond acceptors (Lipinski definition) is 6. The molecule has 2 N–H and O–H groups in total. The number of carbonyl (C=O) groups is 1. The summed E-state index contributed by atoms with van der Waals surface area (Å²) in [7, 11) is -3.03. The summed E-state index contributed by atoms with van der Waals surface area (Å²) in [6.07, 6.45) is 0.457. The van der Waals surface area contributed by atoms with Gasteiger partial charge in [0.25, 0.3) is 5.91 Å². The van der Waals surface area contributed by atoms with E-state index in [0.29, 0.717) is 22.1 Å². The molecule has 1 aliphatic rings. The van der Waals surface area contributed by atoms with Gasteiger partial charge in [-0.25, -0.2) is 13.4 Å². The second-order valence-corrected chi connectivity index (χ2v) is 8.50. The number of amides is 1. The molecule has 0 bridgehead atoms. The third-order valence-electron chi connectivity index (χ3n) is 3.25. The van der Waals surface area contributed by atoms with Crippen LogP contribution in [0.4, 0.5) is 5.13 Å². The molecule has 1 fully saturated rings. The van der Waals surface area contributed by atoms with E-state index >= 15 is 0 Å². The van der Waals surface area contributed by atoms with Crippen molar-refractivity contribution in [1.29, 1.82) is 0 Å². The van der Waals surface area contributed by atoms with Crippen molar-refractivity contribution in [3.8, 4) is 0 Å². The molecule has 20 heavy (non-hydrogen) atoms. The van der Waals surface area contributed by atoms with Crippen molar-refractivity contribution in [1.82, 2.24) is 10.3 Å². The summed E-state index contributed by atoms with van der Waals surface area (Å²) in [5, 5.41) is 6.63. The molecule has 0 aliphatic carbocycles. The molecule has 2 heterocycles. The molecule has 1 amide bonds. The first-order chi connectivity index (χ1) is 9.25. The molecule has 1 saturated heterocycles. The van der Waals surface area contributed by atoms with E-state index in [9.17, 15) is 13.2 Å². The van der Waals surface area contributed by atoms with Crippen LogP contribution in [0.25, 0.3) is 0 Å². The standard InChI is InChI=1S/C12H19N3O3S2/c1-4-13-11-14-8(2)9(19-11)10(16)15-12(3)5-6-20(17,18)7-12/h4-7H2,1-3H3,(H,13,14)(H,15,16)/t12-/m0/s1. The number of sulfone groups is 1. The van der Waals surface area contributed by atoms with Crippen molar-refractivity contribution in [2.45, 2.75) is 32.7 Å². The molecule has 1 atom stereocenters. The fourth-order valence-corrected chi connectivity index (χ4v) is 5.30. The normalized spacial score (nSPS) is 24.6. The molecule has 0 saturated carbocycles. The first kappa shape index (κ1) is 15.2. The summed E-state index contributed by atoms with van der Waals surface area (Å²) in [5.41, 5.74) is -0.0158. The van der Waals surface area contributed by atoms with Crippen molar-refractivity contribution in [3.63, 3.8) is 0 Å². The Labute approximate surface area is 122 Å². The van der Waals surface area contributed by atoms with Gasteiger partial charge in [0, 0.05) is 6.54 Å². The van der Waals surface area contributed by atoms with Gasteiger partial charge >= 0.3 is 0 Å². The van der Waals surface area contributed by atoms with Crippen LogP contribution in [0.1, 0.15) is 35.6 Å². The highest BCUT2D eigenvalue weighted by molar-refractivity contribution is 7.91. The Morgan fingerprint density at radius 2 is 2.20 bits per heavy atom. The van der Waals surface area contributed by atoms with Crippen molar-refractivity contribution in [2.24, 2.45) is 0 Å². The van der Waals surface area contributed by atoms with Gasteiger partial charge < -0.3 is 10.6 Å². The molecule has 1 aromatic heterocycles. The zero-order valence-electron chi connectivity index (χ0n) is 11.8. The molecule has 0 aromatic carbocycles. The highest BCUT2D eigenvalue weighted by Crippen LogP contribution is 2.26. The number of nitrogens with one attached hydrogen (secondary N) is 2. The molecule has 0 unspecified atom stereocenters. The number of carbonyl (C=O) groups excluding carboxylic acids is 1. The molecule has 0 radical (unpaired) electrons. The molecule has 0 spiro atoms. The lowest BCUT2D eigenvalue weighted by atomic mass is 10.0. The van der Waals surface area contributed by atoms with Crippen LogP contribution in [0, 0.1) is 6.92 Å². The summed E-state index contributed by atoms with van der Waals surface area (Å²) in [6, 6.07) is 0. The van der Waals surface area contributed by atoms with E-state index in [-0.39, 0.29) is 17.4 Å². The zero-order valence-corrected chi connectivity index (χ0v) is 13.4. The van der Waals surface area contributed by atoms with Gasteiger partial charge in [0.15, 0.2) is 15.0 Å². The molecule has 6 nitrogen and oxygen atoms in total. The lowest BCUT2D eigenvalue weighted by Crippen LogP contribution is -2.46. The Bertz CT molecular complexity index is 624. The van der Waals surface area contributed by atoms with Gasteiger partial charge in [-0.15, -0.1) is 0 Å². The number of thiazole rings is 1. The lowest BCUT2D eigenvalue weighted by molar-refractivity contribution is 0.0919. The van der Waals surface area contributed by atoms with E-state index < -0.39 is 15.4 Å². The summed E-state index contributed by atoms with van der Waals surface area (Å²) in [5.74, 6) is -0.110. The van der Waals surface area contributed by atoms with Crippen molar-refractivity contribution < 1.29 is 13.2 Å². The maximum atomic E-state index is 12.3. The summed E-state index contributed by atoms with van der Waals surface area (Å²) < 4.78 is 23.1. The number of rotatable bonds is 4. The SMILES string of the molecule is CCNc1nc(C)c(C(=O)N[C@@]2(C)CCS(=O)(=O)C2)s1. The third-order valence-corrected chi connectivity index (χ3v) is 6.27. The molecular weight excluding hydrogens is 298 g/mol. The average molecular weight is 317 g/mol. The Kier molecular flexibility index (Phi) is 4.06. The average Bonchev–Trinajstić information content (AvgIpc) is 2.80. The zero-order chi connectivity index (χ0) is 15.0. The molecule has 1 aliphatic heterocycles. The van der Waals surface area contributed by atoms with Gasteiger partial charge in [0.1, 0.15) is 4.88 Å². The highest BCUT2D eigenvalue weighted by atomic mass is 32.2. The number of anilines is 1.